The van der Waals surface area contributed by atoms with Crippen LogP contribution >= 0.6 is 0 Å². The van der Waals surface area contributed by atoms with E-state index in [4.69, 9.17) is 4.74 Å². The summed E-state index contributed by atoms with van der Waals surface area (Å²) in [6.45, 7) is 7.50. The van der Waals surface area contributed by atoms with Crippen LogP contribution in [-0.2, 0) is 9.53 Å². The molecule has 1 fully saturated rings. The molecule has 2 atom stereocenters. The van der Waals surface area contributed by atoms with E-state index in [9.17, 15) is 9.59 Å². The predicted octanol–water partition coefficient (Wildman–Crippen LogP) is 1.77. The maximum atomic E-state index is 12.1. The van der Waals surface area contributed by atoms with E-state index in [0.29, 0.717) is 13.2 Å². The Balaban J connectivity index is 2.45. The van der Waals surface area contributed by atoms with Gasteiger partial charge in [-0.25, -0.2) is 4.79 Å². The van der Waals surface area contributed by atoms with Crippen LogP contribution in [0.2, 0.25) is 0 Å². The van der Waals surface area contributed by atoms with E-state index in [-0.39, 0.29) is 24.0 Å². The molecule has 0 spiro atoms. The molecule has 0 aromatic carbocycles. The number of likely N-dealkylation sites (tertiary alicyclic amines) is 1. The normalized spacial score (nSPS) is 21.3. The molecule has 1 saturated heterocycles. The molecule has 0 radical (unpaired) electrons. The van der Waals surface area contributed by atoms with Crippen molar-refractivity contribution in [1.82, 2.24) is 10.2 Å². The van der Waals surface area contributed by atoms with Crippen LogP contribution in [0.5, 0.6) is 0 Å². The molecule has 2 amide bonds. The van der Waals surface area contributed by atoms with Crippen molar-refractivity contribution in [3.8, 4) is 0 Å². The molecular formula is C13H24N2O3. The second-order valence-electron chi connectivity index (χ2n) is 4.80. The third-order valence-electron chi connectivity index (χ3n) is 3.36. The molecule has 2 unspecified atom stereocenters. The number of piperidine rings is 1. The SMILES string of the molecule is CCOC(=O)NC1CCCN(C(=O)C(C)CC)C1. The minimum atomic E-state index is -0.389. The number of alkyl carbamates (subject to hydrolysis) is 1. The monoisotopic (exact) mass is 256 g/mol. The van der Waals surface area contributed by atoms with Crippen LogP contribution < -0.4 is 5.32 Å². The van der Waals surface area contributed by atoms with Crippen molar-refractivity contribution in [2.45, 2.75) is 46.1 Å². The number of hydrogen-bond acceptors (Lipinski definition) is 3. The summed E-state index contributed by atoms with van der Waals surface area (Å²) < 4.78 is 4.86. The van der Waals surface area contributed by atoms with Crippen molar-refractivity contribution >= 4 is 12.0 Å². The molecule has 0 aromatic rings. The largest absolute Gasteiger partial charge is 0.450 e. The Bertz CT molecular complexity index is 294. The summed E-state index contributed by atoms with van der Waals surface area (Å²) in [5.41, 5.74) is 0. The lowest BCUT2D eigenvalue weighted by atomic mass is 10.0. The molecule has 1 heterocycles. The Morgan fingerprint density at radius 1 is 1.44 bits per heavy atom. The summed E-state index contributed by atoms with van der Waals surface area (Å²) in [5.74, 6) is 0.249. The van der Waals surface area contributed by atoms with E-state index in [1.54, 1.807) is 6.92 Å². The Labute approximate surface area is 109 Å². The highest BCUT2D eigenvalue weighted by Gasteiger charge is 2.26. The summed E-state index contributed by atoms with van der Waals surface area (Å²) in [4.78, 5) is 25.3. The fourth-order valence-corrected chi connectivity index (χ4v) is 2.12. The molecule has 1 aliphatic heterocycles. The van der Waals surface area contributed by atoms with Gasteiger partial charge in [-0.2, -0.15) is 0 Å². The second kappa shape index (κ2) is 7.24. The zero-order valence-corrected chi connectivity index (χ0v) is 11.6. The maximum Gasteiger partial charge on any atom is 0.407 e. The second-order valence-corrected chi connectivity index (χ2v) is 4.80. The average molecular weight is 256 g/mol. The van der Waals surface area contributed by atoms with Crippen LogP contribution in [-0.4, -0.2) is 42.6 Å². The molecule has 18 heavy (non-hydrogen) atoms. The van der Waals surface area contributed by atoms with Gasteiger partial charge in [0.1, 0.15) is 0 Å². The number of ether oxygens (including phenoxy) is 1. The van der Waals surface area contributed by atoms with Crippen molar-refractivity contribution in [2.75, 3.05) is 19.7 Å². The van der Waals surface area contributed by atoms with Gasteiger partial charge in [0.2, 0.25) is 5.91 Å². The van der Waals surface area contributed by atoms with E-state index in [1.807, 2.05) is 18.7 Å². The third kappa shape index (κ3) is 4.20. The van der Waals surface area contributed by atoms with Gasteiger partial charge in [0.15, 0.2) is 0 Å². The minimum absolute atomic E-state index is 0.0193. The summed E-state index contributed by atoms with van der Waals surface area (Å²) in [6.07, 6.45) is 2.30. The fraction of sp³-hybridized carbons (Fsp3) is 0.846. The van der Waals surface area contributed by atoms with Gasteiger partial charge in [-0.3, -0.25) is 4.79 Å². The number of rotatable bonds is 4. The van der Waals surface area contributed by atoms with Crippen molar-refractivity contribution in [1.29, 1.82) is 0 Å². The van der Waals surface area contributed by atoms with Gasteiger partial charge >= 0.3 is 6.09 Å². The fourth-order valence-electron chi connectivity index (χ4n) is 2.12. The lowest BCUT2D eigenvalue weighted by molar-refractivity contribution is -0.136. The van der Waals surface area contributed by atoms with E-state index < -0.39 is 0 Å². The Morgan fingerprint density at radius 3 is 2.78 bits per heavy atom. The minimum Gasteiger partial charge on any atom is -0.450 e. The van der Waals surface area contributed by atoms with Gasteiger partial charge in [-0.15, -0.1) is 0 Å². The van der Waals surface area contributed by atoms with Gasteiger partial charge in [0, 0.05) is 25.0 Å². The first-order chi connectivity index (χ1) is 8.58. The highest BCUT2D eigenvalue weighted by atomic mass is 16.5. The average Bonchev–Trinajstić information content (AvgIpc) is 2.37. The molecule has 5 nitrogen and oxygen atoms in total. The van der Waals surface area contributed by atoms with Gasteiger partial charge < -0.3 is 15.0 Å². The lowest BCUT2D eigenvalue weighted by Gasteiger charge is -2.34. The molecule has 104 valence electrons. The molecule has 5 heteroatoms. The summed E-state index contributed by atoms with van der Waals surface area (Å²) in [5, 5.41) is 2.81. The van der Waals surface area contributed by atoms with Gasteiger partial charge in [-0.1, -0.05) is 13.8 Å². The molecule has 1 N–H and O–H groups in total. The Morgan fingerprint density at radius 2 is 2.17 bits per heavy atom. The molecule has 0 bridgehead atoms. The van der Waals surface area contributed by atoms with Crippen LogP contribution in [0.1, 0.15) is 40.0 Å². The third-order valence-corrected chi connectivity index (χ3v) is 3.36. The predicted molar refractivity (Wildman–Crippen MR) is 69.2 cm³/mol. The Kier molecular flexibility index (Phi) is 5.95. The van der Waals surface area contributed by atoms with Crippen LogP contribution in [0.4, 0.5) is 4.79 Å². The lowest BCUT2D eigenvalue weighted by Crippen LogP contribution is -2.50. The van der Waals surface area contributed by atoms with Gasteiger partial charge in [0.25, 0.3) is 0 Å². The molecule has 1 rings (SSSR count). The number of amides is 2. The summed E-state index contributed by atoms with van der Waals surface area (Å²) in [6, 6.07) is 0.0193. The van der Waals surface area contributed by atoms with E-state index in [0.717, 1.165) is 25.8 Å². The van der Waals surface area contributed by atoms with Gasteiger partial charge in [-0.05, 0) is 26.2 Å². The smallest absolute Gasteiger partial charge is 0.407 e. The molecule has 0 aliphatic carbocycles. The van der Waals surface area contributed by atoms with Crippen molar-refractivity contribution < 1.29 is 14.3 Å². The highest BCUT2D eigenvalue weighted by molar-refractivity contribution is 5.78. The first-order valence-corrected chi connectivity index (χ1v) is 6.80. The Hall–Kier alpha value is -1.26. The summed E-state index contributed by atoms with van der Waals surface area (Å²) in [7, 11) is 0. The van der Waals surface area contributed by atoms with Crippen molar-refractivity contribution in [3.05, 3.63) is 0 Å². The molecular weight excluding hydrogens is 232 g/mol. The quantitative estimate of drug-likeness (QED) is 0.834. The van der Waals surface area contributed by atoms with Crippen LogP contribution in [0, 0.1) is 5.92 Å². The van der Waals surface area contributed by atoms with Crippen LogP contribution in [0.15, 0.2) is 0 Å². The summed E-state index contributed by atoms with van der Waals surface area (Å²) >= 11 is 0. The number of nitrogens with zero attached hydrogens (tertiary/aromatic N) is 1. The zero-order valence-electron chi connectivity index (χ0n) is 11.6. The molecule has 0 aromatic heterocycles. The van der Waals surface area contributed by atoms with Gasteiger partial charge in [0.05, 0.1) is 6.61 Å². The number of nitrogens with one attached hydrogen (secondary N) is 1. The first-order valence-electron chi connectivity index (χ1n) is 6.80. The number of hydrogen-bond donors (Lipinski definition) is 1. The van der Waals surface area contributed by atoms with Crippen LogP contribution in [0.25, 0.3) is 0 Å². The number of carbonyl (C=O) groups is 2. The van der Waals surface area contributed by atoms with E-state index in [2.05, 4.69) is 5.32 Å². The molecule has 1 aliphatic rings. The molecule has 0 saturated carbocycles. The standard InChI is InChI=1S/C13H24N2O3/c1-4-10(3)12(16)15-8-6-7-11(9-15)14-13(17)18-5-2/h10-11H,4-9H2,1-3H3,(H,14,17). The van der Waals surface area contributed by atoms with E-state index in [1.165, 1.54) is 0 Å². The van der Waals surface area contributed by atoms with E-state index >= 15 is 0 Å². The zero-order chi connectivity index (χ0) is 13.5. The maximum absolute atomic E-state index is 12.1. The first kappa shape index (κ1) is 14.8. The highest BCUT2D eigenvalue weighted by Crippen LogP contribution is 2.14. The number of carbonyl (C=O) groups excluding carboxylic acids is 2. The van der Waals surface area contributed by atoms with Crippen molar-refractivity contribution in [2.24, 2.45) is 5.92 Å². The topological polar surface area (TPSA) is 58.6 Å². The van der Waals surface area contributed by atoms with Crippen LogP contribution in [0.3, 0.4) is 0 Å². The van der Waals surface area contributed by atoms with Crippen molar-refractivity contribution in [3.63, 3.8) is 0 Å².